The average Bonchev–Trinajstić information content (AvgIpc) is 2.84. The van der Waals surface area contributed by atoms with Crippen LogP contribution in [0.25, 0.3) is 0 Å². The number of carbonyl (C=O) groups is 4. The van der Waals surface area contributed by atoms with Gasteiger partial charge < -0.3 is 20.5 Å². The number of benzene rings is 1. The summed E-state index contributed by atoms with van der Waals surface area (Å²) in [5.41, 5.74) is 1.58. The van der Waals surface area contributed by atoms with Gasteiger partial charge in [0.2, 0.25) is 11.8 Å². The third-order valence-corrected chi connectivity index (χ3v) is 4.97. The molecule has 0 aromatic heterocycles. The summed E-state index contributed by atoms with van der Waals surface area (Å²) in [7, 11) is 1.48. The van der Waals surface area contributed by atoms with Gasteiger partial charge in [-0.25, -0.2) is 4.39 Å². The summed E-state index contributed by atoms with van der Waals surface area (Å²) < 4.78 is 17.6. The highest BCUT2D eigenvalue weighted by Gasteiger charge is 2.23. The summed E-state index contributed by atoms with van der Waals surface area (Å²) in [4.78, 5) is 45.7. The fourth-order valence-electron chi connectivity index (χ4n) is 3.28. The second kappa shape index (κ2) is 18.5. The molecule has 1 atom stereocenters. The molecule has 0 heterocycles. The first-order chi connectivity index (χ1) is 16.3. The van der Waals surface area contributed by atoms with Crippen molar-refractivity contribution >= 4 is 23.6 Å². The molecule has 0 spiro atoms. The molecule has 1 fully saturated rings. The second-order valence-corrected chi connectivity index (χ2v) is 7.71. The summed E-state index contributed by atoms with van der Waals surface area (Å²) in [6, 6.07) is 3.86. The van der Waals surface area contributed by atoms with E-state index in [4.69, 9.17) is 9.84 Å². The van der Waals surface area contributed by atoms with Crippen molar-refractivity contribution < 1.29 is 33.4 Å². The fourth-order valence-corrected chi connectivity index (χ4v) is 3.28. The number of carboxylic acids is 1. The van der Waals surface area contributed by atoms with E-state index in [-0.39, 0.29) is 6.42 Å². The number of halogens is 1. The Kier molecular flexibility index (Phi) is 16.8. The summed E-state index contributed by atoms with van der Waals surface area (Å²) in [5.74, 6) is -3.12. The van der Waals surface area contributed by atoms with Crippen LogP contribution in [-0.2, 0) is 25.6 Å². The van der Waals surface area contributed by atoms with Gasteiger partial charge in [0.15, 0.2) is 5.78 Å². The van der Waals surface area contributed by atoms with Crippen molar-refractivity contribution in [3.05, 3.63) is 29.3 Å². The molecule has 1 aromatic rings. The highest BCUT2D eigenvalue weighted by atomic mass is 19.1. The van der Waals surface area contributed by atoms with Gasteiger partial charge in [-0.3, -0.25) is 19.2 Å². The molecular weight excluding hydrogens is 443 g/mol. The number of hydrogen-bond acceptors (Lipinski definition) is 5. The number of alkyl halides is 1. The zero-order valence-corrected chi connectivity index (χ0v) is 20.7. The van der Waals surface area contributed by atoms with Crippen molar-refractivity contribution in [2.75, 3.05) is 20.3 Å². The number of aryl methyl sites for hydroxylation is 1. The number of hydrogen-bond donors (Lipinski definition) is 3. The van der Waals surface area contributed by atoms with Crippen molar-refractivity contribution in [2.45, 2.75) is 78.2 Å². The maximum Gasteiger partial charge on any atom is 0.305 e. The Morgan fingerprint density at radius 3 is 2.06 bits per heavy atom. The van der Waals surface area contributed by atoms with Gasteiger partial charge in [0.1, 0.15) is 18.5 Å². The lowest BCUT2D eigenvalue weighted by atomic mass is 10.0. The molecule has 0 radical (unpaired) electrons. The molecule has 1 aromatic carbocycles. The van der Waals surface area contributed by atoms with E-state index < -0.39 is 49.2 Å². The first-order valence-corrected chi connectivity index (χ1v) is 11.8. The Labute approximate surface area is 201 Å². The maximum absolute atomic E-state index is 12.4. The van der Waals surface area contributed by atoms with Gasteiger partial charge in [0.25, 0.3) is 0 Å². The first-order valence-electron chi connectivity index (χ1n) is 11.8. The van der Waals surface area contributed by atoms with Crippen molar-refractivity contribution in [3.8, 4) is 5.75 Å². The Hall–Kier alpha value is -2.97. The molecule has 0 saturated heterocycles. The molecule has 2 amide bonds. The van der Waals surface area contributed by atoms with Crippen LogP contribution in [0.4, 0.5) is 4.39 Å². The van der Waals surface area contributed by atoms with E-state index in [9.17, 15) is 23.6 Å². The molecular formula is C25H39FN2O6. The first kappa shape index (κ1) is 31.0. The second-order valence-electron chi connectivity index (χ2n) is 7.71. The van der Waals surface area contributed by atoms with Gasteiger partial charge in [-0.05, 0) is 13.0 Å². The highest BCUT2D eigenvalue weighted by molar-refractivity contribution is 5.94. The predicted octanol–water partition coefficient (Wildman–Crippen LogP) is 3.53. The number of ketones is 1. The molecule has 1 aliphatic carbocycles. The average molecular weight is 483 g/mol. The number of nitrogens with one attached hydrogen (secondary N) is 2. The number of carbonyl (C=O) groups excluding carboxylic acids is 3. The lowest BCUT2D eigenvalue weighted by Gasteiger charge is -2.15. The minimum Gasteiger partial charge on any atom is -0.496 e. The molecule has 0 aliphatic heterocycles. The topological polar surface area (TPSA) is 122 Å². The van der Waals surface area contributed by atoms with E-state index in [0.717, 1.165) is 5.56 Å². The summed E-state index contributed by atoms with van der Waals surface area (Å²) in [5, 5.41) is 13.1. The quantitative estimate of drug-likeness (QED) is 0.469. The third kappa shape index (κ3) is 13.5. The van der Waals surface area contributed by atoms with Gasteiger partial charge in [-0.1, -0.05) is 70.1 Å². The zero-order chi connectivity index (χ0) is 25.9. The monoisotopic (exact) mass is 482 g/mol. The van der Waals surface area contributed by atoms with Crippen LogP contribution in [0.3, 0.4) is 0 Å². The molecule has 9 heteroatoms. The van der Waals surface area contributed by atoms with Crippen molar-refractivity contribution in [1.82, 2.24) is 10.6 Å². The van der Waals surface area contributed by atoms with Crippen LogP contribution in [0.1, 0.15) is 69.9 Å². The van der Waals surface area contributed by atoms with Gasteiger partial charge in [-0.2, -0.15) is 0 Å². The number of amides is 2. The number of Topliss-reactive ketones (excluding diaryl/α,β-unsaturated/α-hetero) is 1. The molecule has 0 bridgehead atoms. The van der Waals surface area contributed by atoms with E-state index >= 15 is 0 Å². The van der Waals surface area contributed by atoms with Crippen LogP contribution < -0.4 is 15.4 Å². The number of methoxy groups -OCH3 is 1. The standard InChI is InChI=1S/C17H21FN2O6.C6H12.C2H6/c1-10-3-4-14(26-2)11(5-10)6-15(22)19-9-16(23)20-12(7-17(24)25)13(21)8-18;1-2-4-6-5-3-1;1-2/h3-5,12H,6-9H2,1-2H3,(H,19,22)(H,20,23)(H,24,25);1-6H2;1-2H3. The zero-order valence-electron chi connectivity index (χ0n) is 20.7. The van der Waals surface area contributed by atoms with Crippen LogP contribution in [-0.4, -0.2) is 55.0 Å². The minimum absolute atomic E-state index is 0.0277. The SMILES string of the molecule is C1CCCCC1.CC.COc1ccc(C)cc1CC(=O)NCC(=O)NC(CC(=O)O)C(=O)CF. The number of carboxylic acid groups (broad SMARTS) is 1. The smallest absolute Gasteiger partial charge is 0.305 e. The normalized spacial score (nSPS) is 13.1. The molecule has 192 valence electrons. The van der Waals surface area contributed by atoms with Crippen molar-refractivity contribution in [2.24, 2.45) is 0 Å². The summed E-state index contributed by atoms with van der Waals surface area (Å²) >= 11 is 0. The molecule has 1 saturated carbocycles. The van der Waals surface area contributed by atoms with Crippen LogP contribution >= 0.6 is 0 Å². The predicted molar refractivity (Wildman–Crippen MR) is 129 cm³/mol. The molecule has 1 unspecified atom stereocenters. The van der Waals surface area contributed by atoms with Gasteiger partial charge in [0.05, 0.1) is 26.5 Å². The van der Waals surface area contributed by atoms with Crippen molar-refractivity contribution in [1.29, 1.82) is 0 Å². The third-order valence-electron chi connectivity index (χ3n) is 4.97. The van der Waals surface area contributed by atoms with Gasteiger partial charge >= 0.3 is 5.97 Å². The number of aliphatic carboxylic acids is 1. The molecule has 8 nitrogen and oxygen atoms in total. The largest absolute Gasteiger partial charge is 0.496 e. The van der Waals surface area contributed by atoms with E-state index in [0.29, 0.717) is 11.3 Å². The van der Waals surface area contributed by atoms with Crippen LogP contribution in [0.2, 0.25) is 0 Å². The van der Waals surface area contributed by atoms with Crippen molar-refractivity contribution in [3.63, 3.8) is 0 Å². The van der Waals surface area contributed by atoms with E-state index in [1.807, 2.05) is 26.8 Å². The minimum atomic E-state index is -1.47. The van der Waals surface area contributed by atoms with Crippen LogP contribution in [0.5, 0.6) is 5.75 Å². The highest BCUT2D eigenvalue weighted by Crippen LogP contribution is 2.20. The molecule has 1 aliphatic rings. The van der Waals surface area contributed by atoms with Gasteiger partial charge in [0, 0.05) is 5.56 Å². The van der Waals surface area contributed by atoms with Crippen LogP contribution in [0.15, 0.2) is 18.2 Å². The Bertz CT molecular complexity index is 769. The Balaban J connectivity index is 0.00000115. The van der Waals surface area contributed by atoms with E-state index in [1.54, 1.807) is 12.1 Å². The van der Waals surface area contributed by atoms with E-state index in [1.165, 1.54) is 45.6 Å². The lowest BCUT2D eigenvalue weighted by Crippen LogP contribution is -2.47. The number of ether oxygens (including phenoxy) is 1. The molecule has 34 heavy (non-hydrogen) atoms. The molecule has 2 rings (SSSR count). The summed E-state index contributed by atoms with van der Waals surface area (Å²) in [6.07, 6.45) is 8.24. The fraction of sp³-hybridized carbons (Fsp3) is 0.600. The Morgan fingerprint density at radius 1 is 1.03 bits per heavy atom. The van der Waals surface area contributed by atoms with E-state index in [2.05, 4.69) is 10.6 Å². The molecule has 3 N–H and O–H groups in total. The van der Waals surface area contributed by atoms with Crippen LogP contribution in [0, 0.1) is 6.92 Å². The Morgan fingerprint density at radius 2 is 1.59 bits per heavy atom. The number of rotatable bonds is 10. The van der Waals surface area contributed by atoms with Gasteiger partial charge in [-0.15, -0.1) is 0 Å². The summed E-state index contributed by atoms with van der Waals surface area (Å²) in [6.45, 7) is 4.00. The maximum atomic E-state index is 12.4. The lowest BCUT2D eigenvalue weighted by molar-refractivity contribution is -0.140.